The second kappa shape index (κ2) is 7.41. The van der Waals surface area contributed by atoms with Crippen LogP contribution in [0.15, 0.2) is 36.1 Å². The van der Waals surface area contributed by atoms with Gasteiger partial charge in [0.25, 0.3) is 0 Å². The summed E-state index contributed by atoms with van der Waals surface area (Å²) in [6, 6.07) is 8.27. The van der Waals surface area contributed by atoms with Gasteiger partial charge in [0.2, 0.25) is 11.5 Å². The average molecular weight is 370 g/mol. The molecule has 1 aliphatic heterocycles. The molecular formula is C20H18O7. The number of carbonyl (C=O) groups is 2. The van der Waals surface area contributed by atoms with Crippen LogP contribution in [0.3, 0.4) is 0 Å². The summed E-state index contributed by atoms with van der Waals surface area (Å²) in [6.45, 7) is 1.28. The van der Waals surface area contributed by atoms with Crippen LogP contribution in [0.1, 0.15) is 22.8 Å². The molecular weight excluding hydrogens is 352 g/mol. The van der Waals surface area contributed by atoms with Gasteiger partial charge in [0.05, 0.1) is 26.9 Å². The van der Waals surface area contributed by atoms with E-state index in [9.17, 15) is 9.59 Å². The van der Waals surface area contributed by atoms with Crippen LogP contribution in [0, 0.1) is 0 Å². The zero-order chi connectivity index (χ0) is 19.6. The zero-order valence-corrected chi connectivity index (χ0v) is 15.3. The summed E-state index contributed by atoms with van der Waals surface area (Å²) in [4.78, 5) is 23.9. The van der Waals surface area contributed by atoms with Crippen molar-refractivity contribution in [1.29, 1.82) is 0 Å². The van der Waals surface area contributed by atoms with Crippen LogP contribution in [0.5, 0.6) is 28.7 Å². The molecule has 0 saturated carbocycles. The zero-order valence-electron chi connectivity index (χ0n) is 15.3. The van der Waals surface area contributed by atoms with Crippen molar-refractivity contribution in [2.75, 3.05) is 21.3 Å². The average Bonchev–Trinajstić information content (AvgIpc) is 2.96. The number of ketones is 1. The normalized spacial score (nSPS) is 13.8. The first-order chi connectivity index (χ1) is 13.0. The molecule has 0 atom stereocenters. The molecule has 2 aromatic carbocycles. The molecule has 1 aliphatic rings. The van der Waals surface area contributed by atoms with E-state index in [0.717, 1.165) is 0 Å². The molecule has 2 aromatic rings. The minimum atomic E-state index is -0.501. The first kappa shape index (κ1) is 18.3. The number of methoxy groups -OCH3 is 3. The van der Waals surface area contributed by atoms with Crippen LogP contribution >= 0.6 is 0 Å². The minimum Gasteiger partial charge on any atom is -0.493 e. The first-order valence-electron chi connectivity index (χ1n) is 8.04. The number of allylic oxidation sites excluding steroid dienone is 1. The Morgan fingerprint density at radius 1 is 0.963 bits per heavy atom. The van der Waals surface area contributed by atoms with Gasteiger partial charge in [-0.15, -0.1) is 0 Å². The molecule has 140 valence electrons. The number of esters is 1. The van der Waals surface area contributed by atoms with E-state index in [1.54, 1.807) is 31.4 Å². The lowest BCUT2D eigenvalue weighted by Gasteiger charge is -2.10. The molecule has 1 heterocycles. The maximum atomic E-state index is 12.7. The monoisotopic (exact) mass is 370 g/mol. The van der Waals surface area contributed by atoms with E-state index in [1.807, 2.05) is 0 Å². The summed E-state index contributed by atoms with van der Waals surface area (Å²) in [6.07, 6.45) is 1.59. The number of hydrogen-bond donors (Lipinski definition) is 0. The minimum absolute atomic E-state index is 0.121. The van der Waals surface area contributed by atoms with Crippen molar-refractivity contribution in [3.8, 4) is 28.7 Å². The molecule has 0 aliphatic carbocycles. The maximum absolute atomic E-state index is 12.7. The number of Topliss-reactive ketones (excluding diaryl/α,β-unsaturated/α-hetero) is 1. The Bertz CT molecular complexity index is 944. The summed E-state index contributed by atoms with van der Waals surface area (Å²) in [5.74, 6) is 1.02. The van der Waals surface area contributed by atoms with Gasteiger partial charge in [0, 0.05) is 6.92 Å². The Morgan fingerprint density at radius 3 is 2.30 bits per heavy atom. The molecule has 0 radical (unpaired) electrons. The maximum Gasteiger partial charge on any atom is 0.308 e. The highest BCUT2D eigenvalue weighted by atomic mass is 16.6. The van der Waals surface area contributed by atoms with E-state index < -0.39 is 5.97 Å². The van der Waals surface area contributed by atoms with Crippen molar-refractivity contribution in [1.82, 2.24) is 0 Å². The summed E-state index contributed by atoms with van der Waals surface area (Å²) in [5, 5.41) is 0. The molecule has 7 heteroatoms. The van der Waals surface area contributed by atoms with E-state index in [-0.39, 0.29) is 28.8 Å². The highest BCUT2D eigenvalue weighted by Gasteiger charge is 2.32. The Balaban J connectivity index is 1.99. The van der Waals surface area contributed by atoms with Crippen molar-refractivity contribution in [2.24, 2.45) is 0 Å². The van der Waals surface area contributed by atoms with Gasteiger partial charge in [-0.3, -0.25) is 9.59 Å². The molecule has 7 nitrogen and oxygen atoms in total. The SMILES string of the molecule is COc1ccc(C=C2Oc3c(ccc(OC(C)=O)c3OC)C2=O)cc1OC. The smallest absolute Gasteiger partial charge is 0.308 e. The molecule has 0 N–H and O–H groups in total. The van der Waals surface area contributed by atoms with Crippen molar-refractivity contribution in [2.45, 2.75) is 6.92 Å². The van der Waals surface area contributed by atoms with Crippen LogP contribution < -0.4 is 23.7 Å². The lowest BCUT2D eigenvalue weighted by atomic mass is 10.1. The van der Waals surface area contributed by atoms with E-state index >= 15 is 0 Å². The fraction of sp³-hybridized carbons (Fsp3) is 0.200. The third kappa shape index (κ3) is 3.44. The highest BCUT2D eigenvalue weighted by molar-refractivity contribution is 6.15. The highest BCUT2D eigenvalue weighted by Crippen LogP contribution is 2.45. The Morgan fingerprint density at radius 2 is 1.67 bits per heavy atom. The number of rotatable bonds is 5. The Hall–Kier alpha value is -3.48. The topological polar surface area (TPSA) is 80.3 Å². The van der Waals surface area contributed by atoms with Crippen LogP contribution in [0.4, 0.5) is 0 Å². The quantitative estimate of drug-likeness (QED) is 0.454. The van der Waals surface area contributed by atoms with Gasteiger partial charge in [-0.1, -0.05) is 6.07 Å². The van der Waals surface area contributed by atoms with Gasteiger partial charge in [0.1, 0.15) is 0 Å². The largest absolute Gasteiger partial charge is 0.493 e. The molecule has 0 amide bonds. The molecule has 0 spiro atoms. The van der Waals surface area contributed by atoms with Gasteiger partial charge in [-0.2, -0.15) is 0 Å². The van der Waals surface area contributed by atoms with Crippen LogP contribution in [0.25, 0.3) is 6.08 Å². The molecule has 0 aromatic heterocycles. The lowest BCUT2D eigenvalue weighted by molar-refractivity contribution is -0.132. The van der Waals surface area contributed by atoms with Crippen molar-refractivity contribution in [3.63, 3.8) is 0 Å². The number of carbonyl (C=O) groups excluding carboxylic acids is 2. The first-order valence-corrected chi connectivity index (χ1v) is 8.04. The van der Waals surface area contributed by atoms with Crippen LogP contribution in [-0.2, 0) is 4.79 Å². The number of hydrogen-bond acceptors (Lipinski definition) is 7. The summed E-state index contributed by atoms with van der Waals surface area (Å²) in [5.41, 5.74) is 1.03. The van der Waals surface area contributed by atoms with Crippen molar-refractivity contribution in [3.05, 3.63) is 47.2 Å². The molecule has 27 heavy (non-hydrogen) atoms. The summed E-state index contributed by atoms with van der Waals surface area (Å²) >= 11 is 0. The predicted octanol–water partition coefficient (Wildman–Crippen LogP) is 3.25. The third-order valence-corrected chi connectivity index (χ3v) is 3.92. The standard InChI is InChI=1S/C20H18O7/c1-11(21)26-15-8-6-13-18(22)17(27-19(13)20(15)25-4)10-12-5-7-14(23-2)16(9-12)24-3/h5-10H,1-4H3. The molecule has 0 unspecified atom stereocenters. The van der Waals surface area contributed by atoms with Gasteiger partial charge in [0.15, 0.2) is 28.8 Å². The number of benzene rings is 2. The number of ether oxygens (including phenoxy) is 5. The Kier molecular flexibility index (Phi) is 5.03. The van der Waals surface area contributed by atoms with Crippen LogP contribution in [-0.4, -0.2) is 33.1 Å². The van der Waals surface area contributed by atoms with Gasteiger partial charge in [-0.05, 0) is 35.9 Å². The van der Waals surface area contributed by atoms with Crippen LogP contribution in [0.2, 0.25) is 0 Å². The van der Waals surface area contributed by atoms with Gasteiger partial charge in [-0.25, -0.2) is 0 Å². The number of fused-ring (bicyclic) bond motifs is 1. The fourth-order valence-electron chi connectivity index (χ4n) is 2.73. The molecule has 3 rings (SSSR count). The van der Waals surface area contributed by atoms with Crippen molar-refractivity contribution >= 4 is 17.8 Å². The predicted molar refractivity (Wildman–Crippen MR) is 96.8 cm³/mol. The molecule has 0 fully saturated rings. The van der Waals surface area contributed by atoms with Gasteiger partial charge < -0.3 is 23.7 Å². The molecule has 0 saturated heterocycles. The van der Waals surface area contributed by atoms with Crippen molar-refractivity contribution < 1.29 is 33.3 Å². The second-order valence-electron chi connectivity index (χ2n) is 5.62. The van der Waals surface area contributed by atoms with E-state index in [2.05, 4.69) is 0 Å². The van der Waals surface area contributed by atoms with E-state index in [1.165, 1.54) is 33.3 Å². The second-order valence-corrected chi connectivity index (χ2v) is 5.62. The molecule has 0 bridgehead atoms. The summed E-state index contributed by atoms with van der Waals surface area (Å²) < 4.78 is 26.6. The van der Waals surface area contributed by atoms with E-state index in [0.29, 0.717) is 22.6 Å². The lowest BCUT2D eigenvalue weighted by Crippen LogP contribution is -2.03. The summed E-state index contributed by atoms with van der Waals surface area (Å²) in [7, 11) is 4.49. The van der Waals surface area contributed by atoms with Gasteiger partial charge >= 0.3 is 5.97 Å². The third-order valence-electron chi connectivity index (χ3n) is 3.92. The van der Waals surface area contributed by atoms with E-state index in [4.69, 9.17) is 23.7 Å². The fourth-order valence-corrected chi connectivity index (χ4v) is 2.73. The Labute approximate surface area is 156 Å².